The summed E-state index contributed by atoms with van der Waals surface area (Å²) < 4.78 is 11.9. The number of hydrogen-bond acceptors (Lipinski definition) is 5. The van der Waals surface area contributed by atoms with Crippen molar-refractivity contribution in [1.82, 2.24) is 0 Å². The summed E-state index contributed by atoms with van der Waals surface area (Å²) in [5, 5.41) is 11.4. The molecule has 0 bridgehead atoms. The molecule has 1 N–H and O–H groups in total. The van der Waals surface area contributed by atoms with Crippen LogP contribution < -0.4 is 9.64 Å². The van der Waals surface area contributed by atoms with Gasteiger partial charge in [0.1, 0.15) is 5.75 Å². The molecule has 1 aliphatic rings. The molecular weight excluding hydrogens is 522 g/mol. The minimum absolute atomic E-state index is 0.360. The second-order valence-electron chi connectivity index (χ2n) is 11.1. The topological polar surface area (TPSA) is 59.0 Å². The van der Waals surface area contributed by atoms with Gasteiger partial charge < -0.3 is 19.5 Å². The van der Waals surface area contributed by atoms with Gasteiger partial charge in [-0.15, -0.1) is 0 Å². The molecule has 0 unspecified atom stereocenters. The predicted molar refractivity (Wildman–Crippen MR) is 168 cm³/mol. The Bertz CT molecular complexity index is 1340. The normalized spacial score (nSPS) is 14.5. The first-order valence-corrected chi connectivity index (χ1v) is 15.2. The molecule has 1 heterocycles. The van der Waals surface area contributed by atoms with Gasteiger partial charge in [0, 0.05) is 18.8 Å². The van der Waals surface area contributed by atoms with E-state index in [1.807, 2.05) is 109 Å². The lowest BCUT2D eigenvalue weighted by molar-refractivity contribution is 0.0117. The van der Waals surface area contributed by atoms with E-state index in [4.69, 9.17) is 9.47 Å². The molecule has 218 valence electrons. The van der Waals surface area contributed by atoms with Gasteiger partial charge >= 0.3 is 5.97 Å². The summed E-state index contributed by atoms with van der Waals surface area (Å²) in [6.07, 6.45) is 5.50. The molecule has 0 atom stereocenters. The molecule has 0 aromatic heterocycles. The van der Waals surface area contributed by atoms with Crippen LogP contribution in [0, 0.1) is 0 Å². The van der Waals surface area contributed by atoms with Crippen molar-refractivity contribution in [3.05, 3.63) is 131 Å². The number of aliphatic hydroxyl groups is 1. The number of anilines is 1. The number of ether oxygens (including phenoxy) is 2. The van der Waals surface area contributed by atoms with Crippen molar-refractivity contribution in [2.24, 2.45) is 0 Å². The zero-order chi connectivity index (χ0) is 29.2. The Balaban J connectivity index is 1.17. The number of hydrogen-bond donors (Lipinski definition) is 1. The third-order valence-electron chi connectivity index (χ3n) is 8.15. The SMILES string of the molecule is CCCCCCOc1ccc(C2(O)CCN(c3ccc(C(=O)OC(c4ccccc4)c4ccccc4)cc3)CC2)cc1. The van der Waals surface area contributed by atoms with Crippen LogP contribution in [0.1, 0.15) is 78.6 Å². The van der Waals surface area contributed by atoms with Gasteiger partial charge in [0.25, 0.3) is 0 Å². The van der Waals surface area contributed by atoms with Gasteiger partial charge in [-0.2, -0.15) is 0 Å². The summed E-state index contributed by atoms with van der Waals surface area (Å²) in [4.78, 5) is 15.4. The Morgan fingerprint density at radius 3 is 1.95 bits per heavy atom. The maximum absolute atomic E-state index is 13.2. The van der Waals surface area contributed by atoms with Crippen molar-refractivity contribution in [2.45, 2.75) is 57.2 Å². The van der Waals surface area contributed by atoms with Crippen molar-refractivity contribution in [2.75, 3.05) is 24.6 Å². The molecule has 1 aliphatic heterocycles. The lowest BCUT2D eigenvalue weighted by atomic mass is 9.84. The maximum atomic E-state index is 13.2. The van der Waals surface area contributed by atoms with Crippen LogP contribution in [0.3, 0.4) is 0 Å². The summed E-state index contributed by atoms with van der Waals surface area (Å²) in [7, 11) is 0. The fourth-order valence-electron chi connectivity index (χ4n) is 5.57. The number of piperidine rings is 1. The minimum Gasteiger partial charge on any atom is -0.494 e. The highest BCUT2D eigenvalue weighted by Gasteiger charge is 2.34. The molecular formula is C37H41NO4. The van der Waals surface area contributed by atoms with Crippen LogP contribution >= 0.6 is 0 Å². The van der Waals surface area contributed by atoms with E-state index in [0.29, 0.717) is 18.4 Å². The highest BCUT2D eigenvalue weighted by atomic mass is 16.5. The highest BCUT2D eigenvalue weighted by Crippen LogP contribution is 2.35. The molecule has 42 heavy (non-hydrogen) atoms. The fourth-order valence-corrected chi connectivity index (χ4v) is 5.57. The second kappa shape index (κ2) is 14.2. The lowest BCUT2D eigenvalue weighted by Crippen LogP contribution is -2.42. The Labute approximate surface area is 249 Å². The van der Waals surface area contributed by atoms with Crippen molar-refractivity contribution in [3.63, 3.8) is 0 Å². The Morgan fingerprint density at radius 2 is 1.38 bits per heavy atom. The fraction of sp³-hybridized carbons (Fsp3) is 0.324. The standard InChI is InChI=1S/C37H41NO4/c1-2-3-4-11-28-41-34-22-18-32(19-23-34)37(40)24-26-38(27-25-37)33-20-16-31(17-21-33)36(39)42-35(29-12-7-5-8-13-29)30-14-9-6-10-15-30/h5-10,12-23,35,40H,2-4,11,24-28H2,1H3. The van der Waals surface area contributed by atoms with Crippen LogP contribution in [-0.2, 0) is 10.3 Å². The van der Waals surface area contributed by atoms with Gasteiger partial charge in [-0.3, -0.25) is 0 Å². The van der Waals surface area contributed by atoms with Gasteiger partial charge in [0.15, 0.2) is 6.10 Å². The molecule has 5 heteroatoms. The summed E-state index contributed by atoms with van der Waals surface area (Å²) in [5.41, 5.74) is 3.48. The van der Waals surface area contributed by atoms with Crippen LogP contribution in [0.5, 0.6) is 5.75 Å². The number of rotatable bonds is 12. The van der Waals surface area contributed by atoms with E-state index in [9.17, 15) is 9.90 Å². The maximum Gasteiger partial charge on any atom is 0.339 e. The van der Waals surface area contributed by atoms with Gasteiger partial charge in [0.05, 0.1) is 17.8 Å². The summed E-state index contributed by atoms with van der Waals surface area (Å²) in [6.45, 7) is 4.38. The molecule has 0 amide bonds. The molecule has 0 aliphatic carbocycles. The third kappa shape index (κ3) is 7.40. The zero-order valence-electron chi connectivity index (χ0n) is 24.5. The average molecular weight is 564 g/mol. The molecule has 5 rings (SSSR count). The minimum atomic E-state index is -0.857. The Morgan fingerprint density at radius 1 is 0.786 bits per heavy atom. The molecule has 5 nitrogen and oxygen atoms in total. The van der Waals surface area contributed by atoms with E-state index < -0.39 is 11.7 Å². The first-order chi connectivity index (χ1) is 20.6. The van der Waals surface area contributed by atoms with Crippen LogP contribution in [0.15, 0.2) is 109 Å². The number of nitrogens with zero attached hydrogens (tertiary/aromatic N) is 1. The van der Waals surface area contributed by atoms with Crippen LogP contribution in [0.25, 0.3) is 0 Å². The number of carbonyl (C=O) groups is 1. The van der Waals surface area contributed by atoms with Gasteiger partial charge in [-0.25, -0.2) is 4.79 Å². The van der Waals surface area contributed by atoms with Crippen molar-refractivity contribution >= 4 is 11.7 Å². The monoisotopic (exact) mass is 563 g/mol. The summed E-state index contributed by atoms with van der Waals surface area (Å²) in [6, 6.07) is 35.1. The van der Waals surface area contributed by atoms with E-state index >= 15 is 0 Å². The number of unbranched alkanes of at least 4 members (excludes halogenated alkanes) is 3. The van der Waals surface area contributed by atoms with E-state index in [2.05, 4.69) is 11.8 Å². The van der Waals surface area contributed by atoms with Crippen molar-refractivity contribution < 1.29 is 19.4 Å². The van der Waals surface area contributed by atoms with Gasteiger partial charge in [0.2, 0.25) is 0 Å². The van der Waals surface area contributed by atoms with Crippen molar-refractivity contribution in [1.29, 1.82) is 0 Å². The van der Waals surface area contributed by atoms with E-state index in [0.717, 1.165) is 54.2 Å². The number of esters is 1. The average Bonchev–Trinajstić information content (AvgIpc) is 3.05. The smallest absolute Gasteiger partial charge is 0.339 e. The molecule has 1 fully saturated rings. The molecule has 1 saturated heterocycles. The predicted octanol–water partition coefficient (Wildman–Crippen LogP) is 8.08. The first-order valence-electron chi connectivity index (χ1n) is 15.2. The largest absolute Gasteiger partial charge is 0.494 e. The molecule has 4 aromatic rings. The molecule has 0 spiro atoms. The molecule has 4 aromatic carbocycles. The van der Waals surface area contributed by atoms with E-state index in [1.54, 1.807) is 0 Å². The van der Waals surface area contributed by atoms with E-state index in [-0.39, 0.29) is 5.97 Å². The molecule has 0 saturated carbocycles. The van der Waals surface area contributed by atoms with E-state index in [1.165, 1.54) is 19.3 Å². The van der Waals surface area contributed by atoms with Crippen LogP contribution in [0.4, 0.5) is 5.69 Å². The lowest BCUT2D eigenvalue weighted by Gasteiger charge is -2.39. The quantitative estimate of drug-likeness (QED) is 0.139. The third-order valence-corrected chi connectivity index (χ3v) is 8.15. The number of benzene rings is 4. The highest BCUT2D eigenvalue weighted by molar-refractivity contribution is 5.90. The zero-order valence-corrected chi connectivity index (χ0v) is 24.5. The molecule has 0 radical (unpaired) electrons. The van der Waals surface area contributed by atoms with Crippen molar-refractivity contribution in [3.8, 4) is 5.75 Å². The Kier molecular flexibility index (Phi) is 9.94. The van der Waals surface area contributed by atoms with Crippen LogP contribution in [-0.4, -0.2) is 30.8 Å². The number of carbonyl (C=O) groups excluding carboxylic acids is 1. The second-order valence-corrected chi connectivity index (χ2v) is 11.1. The first kappa shape index (κ1) is 29.4. The summed E-state index contributed by atoms with van der Waals surface area (Å²) >= 11 is 0. The Hall–Kier alpha value is -4.09. The summed E-state index contributed by atoms with van der Waals surface area (Å²) in [5.74, 6) is 0.495. The van der Waals surface area contributed by atoms with Gasteiger partial charge in [-0.05, 0) is 72.4 Å². The van der Waals surface area contributed by atoms with Gasteiger partial charge in [-0.1, -0.05) is 99.0 Å². The van der Waals surface area contributed by atoms with Crippen LogP contribution in [0.2, 0.25) is 0 Å².